The number of carboxylic acid groups (broad SMARTS) is 1. The van der Waals surface area contributed by atoms with Crippen LogP contribution in [-0.2, 0) is 9.59 Å². The highest BCUT2D eigenvalue weighted by Gasteiger charge is 2.52. The number of hydrogen-bond acceptors (Lipinski definition) is 4. The van der Waals surface area contributed by atoms with Crippen LogP contribution < -0.4 is 5.32 Å². The Kier molecular flexibility index (Phi) is 10.0. The predicted octanol–water partition coefficient (Wildman–Crippen LogP) is 7.69. The molecule has 4 rings (SSSR count). The first-order valence-corrected chi connectivity index (χ1v) is 15.6. The van der Waals surface area contributed by atoms with Gasteiger partial charge in [-0.05, 0) is 73.3 Å². The average Bonchev–Trinajstić information content (AvgIpc) is 3.21. The molecule has 1 aliphatic carbocycles. The van der Waals surface area contributed by atoms with E-state index in [1.807, 2.05) is 23.1 Å². The number of amides is 2. The van der Waals surface area contributed by atoms with Crippen LogP contribution in [0.2, 0.25) is 10.0 Å². The summed E-state index contributed by atoms with van der Waals surface area (Å²) in [6, 6.07) is 12.3. The normalized spacial score (nSPS) is 21.4. The molecule has 1 aliphatic heterocycles. The van der Waals surface area contributed by atoms with Crippen LogP contribution in [0.5, 0.6) is 0 Å². The fraction of sp³-hybridized carbons (Fsp3) is 0.515. The van der Waals surface area contributed by atoms with E-state index in [9.17, 15) is 14.4 Å². The number of hydrogen-bond donors (Lipinski definition) is 2. The molecular formula is C33H41Cl2N3O4. The molecule has 2 N–H and O–H groups in total. The Balaban J connectivity index is 1.70. The minimum Gasteiger partial charge on any atom is -0.481 e. The number of carboxylic acids is 1. The van der Waals surface area contributed by atoms with E-state index in [1.165, 1.54) is 0 Å². The molecule has 1 saturated carbocycles. The molecule has 0 saturated heterocycles. The maximum Gasteiger partial charge on any atom is 0.305 e. The van der Waals surface area contributed by atoms with Gasteiger partial charge in [-0.25, -0.2) is 0 Å². The summed E-state index contributed by atoms with van der Waals surface area (Å²) in [5.74, 6) is -0.864. The molecular weight excluding hydrogens is 573 g/mol. The summed E-state index contributed by atoms with van der Waals surface area (Å²) in [6.07, 6.45) is 6.02. The van der Waals surface area contributed by atoms with Crippen molar-refractivity contribution in [3.05, 3.63) is 69.2 Å². The molecule has 7 nitrogen and oxygen atoms in total. The van der Waals surface area contributed by atoms with Gasteiger partial charge in [0.15, 0.2) is 0 Å². The number of carbonyl (C=O) groups excluding carboxylic acids is 2. The first-order chi connectivity index (χ1) is 19.9. The number of rotatable bonds is 10. The number of aliphatic carboxylic acids is 1. The zero-order valence-corrected chi connectivity index (χ0v) is 26.4. The standard InChI is InChI=1S/C33H41Cl2N3O4/c1-5-6-7-27(21-8-10-22(11-9-21)30(41)36-19-16-28(39)40)38-31(42)29(23-12-13-25(34)26(35)20-23)37-33(38)17-14-24(15-18-33)32(2,3)4/h8-13,20,24,27H,5-7,14-19H2,1-4H3,(H,36,41)(H,39,40)/t24?,27-,33?/m1/s1. The predicted molar refractivity (Wildman–Crippen MR) is 167 cm³/mol. The second kappa shape index (κ2) is 13.2. The Morgan fingerprint density at radius 3 is 2.33 bits per heavy atom. The molecule has 1 heterocycles. The number of benzene rings is 2. The lowest BCUT2D eigenvalue weighted by molar-refractivity contribution is -0.137. The molecule has 0 radical (unpaired) electrons. The van der Waals surface area contributed by atoms with E-state index in [4.69, 9.17) is 33.3 Å². The van der Waals surface area contributed by atoms with Gasteiger partial charge in [0.1, 0.15) is 11.4 Å². The van der Waals surface area contributed by atoms with Crippen molar-refractivity contribution in [2.45, 2.75) is 90.8 Å². The van der Waals surface area contributed by atoms with Crippen LogP contribution in [0.4, 0.5) is 0 Å². The highest BCUT2D eigenvalue weighted by Crippen LogP contribution is 2.50. The van der Waals surface area contributed by atoms with E-state index < -0.39 is 11.6 Å². The van der Waals surface area contributed by atoms with Crippen LogP contribution in [0.1, 0.15) is 107 Å². The third-order valence-corrected chi connectivity index (χ3v) is 9.46. The molecule has 1 atom stereocenters. The van der Waals surface area contributed by atoms with Crippen molar-refractivity contribution in [1.29, 1.82) is 0 Å². The number of halogens is 2. The second-order valence-electron chi connectivity index (χ2n) is 12.6. The molecule has 2 amide bonds. The van der Waals surface area contributed by atoms with Crippen molar-refractivity contribution in [3.63, 3.8) is 0 Å². The van der Waals surface area contributed by atoms with Gasteiger partial charge in [-0.2, -0.15) is 0 Å². The number of aliphatic imine (C=N–C) groups is 1. The molecule has 2 aliphatic rings. The van der Waals surface area contributed by atoms with Crippen molar-refractivity contribution < 1.29 is 19.5 Å². The molecule has 2 aromatic rings. The summed E-state index contributed by atoms with van der Waals surface area (Å²) >= 11 is 12.6. The Labute approximate surface area is 258 Å². The summed E-state index contributed by atoms with van der Waals surface area (Å²) in [5.41, 5.74) is 1.98. The van der Waals surface area contributed by atoms with Gasteiger partial charge in [-0.3, -0.25) is 19.4 Å². The Hall–Kier alpha value is -2.90. The van der Waals surface area contributed by atoms with E-state index in [1.54, 1.807) is 24.3 Å². The van der Waals surface area contributed by atoms with Crippen LogP contribution >= 0.6 is 23.2 Å². The topological polar surface area (TPSA) is 99.1 Å². The molecule has 2 aromatic carbocycles. The molecule has 9 heteroatoms. The summed E-state index contributed by atoms with van der Waals surface area (Å²) in [6.45, 7) is 9.03. The summed E-state index contributed by atoms with van der Waals surface area (Å²) in [5, 5.41) is 12.3. The van der Waals surface area contributed by atoms with E-state index >= 15 is 0 Å². The van der Waals surface area contributed by atoms with Gasteiger partial charge in [-0.15, -0.1) is 0 Å². The first kappa shape index (κ1) is 32.0. The monoisotopic (exact) mass is 613 g/mol. The quantitative estimate of drug-likeness (QED) is 0.287. The molecule has 42 heavy (non-hydrogen) atoms. The maximum atomic E-state index is 14.4. The average molecular weight is 615 g/mol. The van der Waals surface area contributed by atoms with Crippen molar-refractivity contribution in [1.82, 2.24) is 10.2 Å². The Bertz CT molecular complexity index is 1340. The highest BCUT2D eigenvalue weighted by molar-refractivity contribution is 6.48. The smallest absolute Gasteiger partial charge is 0.305 e. The second-order valence-corrected chi connectivity index (χ2v) is 13.4. The van der Waals surface area contributed by atoms with Crippen LogP contribution in [0, 0.1) is 11.3 Å². The third-order valence-electron chi connectivity index (χ3n) is 8.72. The maximum absolute atomic E-state index is 14.4. The lowest BCUT2D eigenvalue weighted by Gasteiger charge is -2.47. The van der Waals surface area contributed by atoms with E-state index in [0.717, 1.165) is 50.5 Å². The molecule has 0 bridgehead atoms. The zero-order chi connectivity index (χ0) is 30.7. The third kappa shape index (κ3) is 7.00. The lowest BCUT2D eigenvalue weighted by atomic mass is 9.69. The fourth-order valence-corrected chi connectivity index (χ4v) is 6.56. The van der Waals surface area contributed by atoms with Crippen LogP contribution in [0.3, 0.4) is 0 Å². The number of unbranched alkanes of at least 4 members (excludes halogenated alkanes) is 1. The fourth-order valence-electron chi connectivity index (χ4n) is 6.26. The molecule has 0 aromatic heterocycles. The van der Waals surface area contributed by atoms with Crippen LogP contribution in [-0.4, -0.2) is 45.7 Å². The van der Waals surface area contributed by atoms with E-state index in [-0.39, 0.29) is 36.2 Å². The number of nitrogens with one attached hydrogen (secondary N) is 1. The first-order valence-electron chi connectivity index (χ1n) is 14.8. The number of nitrogens with zero attached hydrogens (tertiary/aromatic N) is 2. The van der Waals surface area contributed by atoms with E-state index in [2.05, 4.69) is 33.0 Å². The van der Waals surface area contributed by atoms with Crippen LogP contribution in [0.25, 0.3) is 0 Å². The number of carbonyl (C=O) groups is 3. The van der Waals surface area contributed by atoms with Crippen molar-refractivity contribution in [2.75, 3.05) is 6.54 Å². The highest BCUT2D eigenvalue weighted by atomic mass is 35.5. The molecule has 0 unspecified atom stereocenters. The van der Waals surface area contributed by atoms with Crippen molar-refractivity contribution in [2.24, 2.45) is 16.3 Å². The SMILES string of the molecule is CCCC[C@H](c1ccc(C(=O)NCCC(=O)O)cc1)N1C(=O)C(c2ccc(Cl)c(Cl)c2)=NC12CCC(C(C)(C)C)CC2. The largest absolute Gasteiger partial charge is 0.481 e. The lowest BCUT2D eigenvalue weighted by Crippen LogP contribution is -2.51. The minimum absolute atomic E-state index is 0.0598. The molecule has 1 spiro atoms. The van der Waals surface area contributed by atoms with Gasteiger partial charge in [0.25, 0.3) is 11.8 Å². The summed E-state index contributed by atoms with van der Waals surface area (Å²) in [7, 11) is 0. The Morgan fingerprint density at radius 1 is 1.10 bits per heavy atom. The van der Waals surface area contributed by atoms with Crippen LogP contribution in [0.15, 0.2) is 47.5 Å². The van der Waals surface area contributed by atoms with E-state index in [0.29, 0.717) is 32.8 Å². The van der Waals surface area contributed by atoms with Gasteiger partial charge < -0.3 is 15.3 Å². The Morgan fingerprint density at radius 2 is 1.76 bits per heavy atom. The van der Waals surface area contributed by atoms with Gasteiger partial charge in [-0.1, -0.05) is 81.9 Å². The van der Waals surface area contributed by atoms with Crippen molar-refractivity contribution >= 4 is 46.7 Å². The van der Waals surface area contributed by atoms with Gasteiger partial charge in [0.05, 0.1) is 22.5 Å². The zero-order valence-electron chi connectivity index (χ0n) is 24.9. The molecule has 226 valence electrons. The van der Waals surface area contributed by atoms with Gasteiger partial charge in [0.2, 0.25) is 0 Å². The summed E-state index contributed by atoms with van der Waals surface area (Å²) in [4.78, 5) is 45.0. The van der Waals surface area contributed by atoms with Crippen molar-refractivity contribution in [3.8, 4) is 0 Å². The van der Waals surface area contributed by atoms with Gasteiger partial charge >= 0.3 is 5.97 Å². The summed E-state index contributed by atoms with van der Waals surface area (Å²) < 4.78 is 0. The minimum atomic E-state index is -0.965. The van der Waals surface area contributed by atoms with Gasteiger partial charge in [0, 0.05) is 17.7 Å². The molecule has 1 fully saturated rings.